The van der Waals surface area contributed by atoms with Crippen molar-refractivity contribution in [2.24, 2.45) is 5.41 Å². The molecule has 0 spiro atoms. The van der Waals surface area contributed by atoms with Crippen LogP contribution >= 0.6 is 0 Å². The summed E-state index contributed by atoms with van der Waals surface area (Å²) in [6.45, 7) is 0.124. The lowest BCUT2D eigenvalue weighted by Gasteiger charge is -2.46. The number of amides is 1. The highest BCUT2D eigenvalue weighted by Crippen LogP contribution is 2.44. The van der Waals surface area contributed by atoms with E-state index in [-0.39, 0.29) is 32.0 Å². The summed E-state index contributed by atoms with van der Waals surface area (Å²) in [6.07, 6.45) is -0.941. The lowest BCUT2D eigenvalue weighted by Crippen LogP contribution is -2.63. The van der Waals surface area contributed by atoms with E-state index >= 15 is 0 Å². The number of nitrogens with zero attached hydrogens (tertiary/aromatic N) is 1. The van der Waals surface area contributed by atoms with Crippen LogP contribution in [0.25, 0.3) is 11.1 Å². The molecule has 150 valence electrons. The van der Waals surface area contributed by atoms with Crippen molar-refractivity contribution in [1.29, 1.82) is 0 Å². The van der Waals surface area contributed by atoms with Gasteiger partial charge in [0.05, 0.1) is 13.5 Å². The topological polar surface area (TPSA) is 93.1 Å². The lowest BCUT2D eigenvalue weighted by atomic mass is 9.77. The zero-order valence-corrected chi connectivity index (χ0v) is 16.0. The van der Waals surface area contributed by atoms with Gasteiger partial charge in [-0.05, 0) is 22.3 Å². The molecule has 0 atom stereocenters. The Morgan fingerprint density at radius 3 is 2.10 bits per heavy atom. The molecule has 4 rings (SSSR count). The quantitative estimate of drug-likeness (QED) is 0.783. The van der Waals surface area contributed by atoms with Crippen molar-refractivity contribution in [3.8, 4) is 11.1 Å². The smallest absolute Gasteiger partial charge is 0.409 e. The molecule has 1 N–H and O–H groups in total. The number of methoxy groups -OCH3 is 1. The molecule has 7 nitrogen and oxygen atoms in total. The molecule has 1 aliphatic carbocycles. The molecule has 1 saturated heterocycles. The van der Waals surface area contributed by atoms with E-state index in [2.05, 4.69) is 12.1 Å². The molecule has 1 fully saturated rings. The molecule has 0 radical (unpaired) electrons. The van der Waals surface area contributed by atoms with Gasteiger partial charge >= 0.3 is 18.0 Å². The van der Waals surface area contributed by atoms with Crippen molar-refractivity contribution in [3.05, 3.63) is 59.7 Å². The number of carboxylic acid groups (broad SMARTS) is 1. The molecule has 0 saturated carbocycles. The van der Waals surface area contributed by atoms with Gasteiger partial charge in [-0.2, -0.15) is 0 Å². The number of hydrogen-bond donors (Lipinski definition) is 1. The first-order valence-corrected chi connectivity index (χ1v) is 9.35. The molecule has 1 heterocycles. The van der Waals surface area contributed by atoms with Crippen LogP contribution in [0.5, 0.6) is 0 Å². The second-order valence-corrected chi connectivity index (χ2v) is 7.50. The van der Waals surface area contributed by atoms with E-state index in [0.717, 1.165) is 22.3 Å². The molecule has 2 aliphatic rings. The van der Waals surface area contributed by atoms with E-state index in [1.54, 1.807) is 0 Å². The van der Waals surface area contributed by atoms with E-state index in [4.69, 9.17) is 14.6 Å². The number of benzene rings is 2. The SMILES string of the molecule is COC(=O)C1(CC(=O)O)CN(C(=O)OCC2c3ccccc3-c3ccccc32)C1. The molecule has 0 unspecified atom stereocenters. The van der Waals surface area contributed by atoms with E-state index in [1.165, 1.54) is 12.0 Å². The summed E-state index contributed by atoms with van der Waals surface area (Å²) in [5.41, 5.74) is 3.30. The first-order chi connectivity index (χ1) is 13.9. The van der Waals surface area contributed by atoms with Gasteiger partial charge in [-0.15, -0.1) is 0 Å². The van der Waals surface area contributed by atoms with Crippen molar-refractivity contribution in [2.75, 3.05) is 26.8 Å². The number of carbonyl (C=O) groups excluding carboxylic acids is 2. The minimum Gasteiger partial charge on any atom is -0.481 e. The number of aliphatic carboxylic acids is 1. The number of rotatable bonds is 5. The first-order valence-electron chi connectivity index (χ1n) is 9.35. The van der Waals surface area contributed by atoms with E-state index in [9.17, 15) is 14.4 Å². The Bertz CT molecular complexity index is 933. The van der Waals surface area contributed by atoms with Crippen LogP contribution in [0, 0.1) is 5.41 Å². The fourth-order valence-electron chi connectivity index (χ4n) is 4.32. The van der Waals surface area contributed by atoms with Gasteiger partial charge in [-0.1, -0.05) is 48.5 Å². The Hall–Kier alpha value is -3.35. The normalized spacial score (nSPS) is 16.4. The van der Waals surface area contributed by atoms with Crippen molar-refractivity contribution in [1.82, 2.24) is 4.90 Å². The molecule has 1 aliphatic heterocycles. The van der Waals surface area contributed by atoms with Crippen LogP contribution in [-0.2, 0) is 19.1 Å². The fraction of sp³-hybridized carbons (Fsp3) is 0.318. The summed E-state index contributed by atoms with van der Waals surface area (Å²) in [4.78, 5) is 36.9. The van der Waals surface area contributed by atoms with E-state index in [1.807, 2.05) is 36.4 Å². The molecule has 7 heteroatoms. The standard InChI is InChI=1S/C22H21NO6/c1-28-20(26)22(10-19(24)25)12-23(13-22)21(27)29-11-18-16-8-4-2-6-14(16)15-7-3-5-9-17(15)18/h2-9,18H,10-13H2,1H3,(H,24,25). The molecular weight excluding hydrogens is 374 g/mol. The van der Waals surface area contributed by atoms with Crippen molar-refractivity contribution < 1.29 is 29.0 Å². The van der Waals surface area contributed by atoms with Crippen LogP contribution in [0.2, 0.25) is 0 Å². The van der Waals surface area contributed by atoms with Gasteiger partial charge in [0.15, 0.2) is 0 Å². The fourth-order valence-corrected chi connectivity index (χ4v) is 4.32. The van der Waals surface area contributed by atoms with Gasteiger partial charge < -0.3 is 19.5 Å². The van der Waals surface area contributed by atoms with Crippen LogP contribution in [0.15, 0.2) is 48.5 Å². The maximum atomic E-state index is 12.5. The number of carboxylic acids is 1. The minimum atomic E-state index is -1.20. The second-order valence-electron chi connectivity index (χ2n) is 7.50. The summed E-state index contributed by atoms with van der Waals surface area (Å²) in [5.74, 6) is -1.79. The second kappa shape index (κ2) is 7.24. The number of esters is 1. The maximum absolute atomic E-state index is 12.5. The molecule has 2 aromatic carbocycles. The summed E-state index contributed by atoms with van der Waals surface area (Å²) in [6, 6.07) is 16.1. The Labute approximate surface area is 167 Å². The number of hydrogen-bond acceptors (Lipinski definition) is 5. The Balaban J connectivity index is 1.44. The van der Waals surface area contributed by atoms with Crippen molar-refractivity contribution >= 4 is 18.0 Å². The lowest BCUT2D eigenvalue weighted by molar-refractivity contribution is -0.168. The predicted octanol–water partition coefficient (Wildman–Crippen LogP) is 2.89. The van der Waals surface area contributed by atoms with Crippen molar-refractivity contribution in [2.45, 2.75) is 12.3 Å². The van der Waals surface area contributed by atoms with Gasteiger partial charge in [0, 0.05) is 19.0 Å². The molecule has 29 heavy (non-hydrogen) atoms. The molecule has 0 bridgehead atoms. The van der Waals surface area contributed by atoms with Crippen LogP contribution in [0.1, 0.15) is 23.5 Å². The molecule has 1 amide bonds. The summed E-state index contributed by atoms with van der Waals surface area (Å²) >= 11 is 0. The average Bonchev–Trinajstić information content (AvgIpc) is 3.01. The summed E-state index contributed by atoms with van der Waals surface area (Å²) in [7, 11) is 1.21. The van der Waals surface area contributed by atoms with Crippen LogP contribution in [0.4, 0.5) is 4.79 Å². The monoisotopic (exact) mass is 395 g/mol. The number of fused-ring (bicyclic) bond motifs is 3. The zero-order chi connectivity index (χ0) is 20.6. The highest BCUT2D eigenvalue weighted by molar-refractivity contribution is 5.86. The van der Waals surface area contributed by atoms with Gasteiger partial charge in [0.25, 0.3) is 0 Å². The van der Waals surface area contributed by atoms with Crippen LogP contribution in [-0.4, -0.2) is 54.8 Å². The highest BCUT2D eigenvalue weighted by Gasteiger charge is 2.54. The maximum Gasteiger partial charge on any atom is 0.409 e. The third-order valence-electron chi connectivity index (χ3n) is 5.69. The van der Waals surface area contributed by atoms with E-state index < -0.39 is 23.4 Å². The van der Waals surface area contributed by atoms with Gasteiger partial charge in [-0.25, -0.2) is 4.79 Å². The molecular formula is C22H21NO6. The summed E-state index contributed by atoms with van der Waals surface area (Å²) < 4.78 is 10.3. The largest absolute Gasteiger partial charge is 0.481 e. The highest BCUT2D eigenvalue weighted by atomic mass is 16.6. The van der Waals surface area contributed by atoms with Gasteiger partial charge in [-0.3, -0.25) is 9.59 Å². The van der Waals surface area contributed by atoms with Crippen molar-refractivity contribution in [3.63, 3.8) is 0 Å². The predicted molar refractivity (Wildman–Crippen MR) is 103 cm³/mol. The number of carbonyl (C=O) groups is 3. The van der Waals surface area contributed by atoms with Gasteiger partial charge in [0.2, 0.25) is 0 Å². The van der Waals surface area contributed by atoms with Gasteiger partial charge in [0.1, 0.15) is 12.0 Å². The Kier molecular flexibility index (Phi) is 4.74. The first kappa shape index (κ1) is 19.0. The Morgan fingerprint density at radius 1 is 1.03 bits per heavy atom. The minimum absolute atomic E-state index is 0.0252. The third-order valence-corrected chi connectivity index (χ3v) is 5.69. The number of ether oxygens (including phenoxy) is 2. The van der Waals surface area contributed by atoms with Crippen LogP contribution < -0.4 is 0 Å². The van der Waals surface area contributed by atoms with Crippen LogP contribution in [0.3, 0.4) is 0 Å². The molecule has 2 aromatic rings. The Morgan fingerprint density at radius 2 is 1.59 bits per heavy atom. The zero-order valence-electron chi connectivity index (χ0n) is 16.0. The average molecular weight is 395 g/mol. The number of likely N-dealkylation sites (tertiary alicyclic amines) is 1. The molecule has 0 aromatic heterocycles. The summed E-state index contributed by atoms with van der Waals surface area (Å²) in [5, 5.41) is 9.07. The van der Waals surface area contributed by atoms with E-state index in [0.29, 0.717) is 0 Å². The third kappa shape index (κ3) is 3.22.